The Labute approximate surface area is 101 Å². The number of hydrogen-bond acceptors (Lipinski definition) is 4. The van der Waals surface area contributed by atoms with Crippen molar-refractivity contribution < 1.29 is 0 Å². The standard InChI is InChI=1S/C11H18N4S/c1-11(9-12,13-2)5-4-8-16-10-14-6-7-15(10)3/h6-7,13H,4-5,8H2,1-3H3. The maximum atomic E-state index is 8.98. The largest absolute Gasteiger partial charge is 0.329 e. The zero-order valence-corrected chi connectivity index (χ0v) is 10.8. The zero-order valence-electron chi connectivity index (χ0n) is 10.0. The van der Waals surface area contributed by atoms with E-state index in [1.54, 1.807) is 18.0 Å². The molecule has 4 nitrogen and oxygen atoms in total. The summed E-state index contributed by atoms with van der Waals surface area (Å²) in [6.45, 7) is 1.93. The van der Waals surface area contributed by atoms with Crippen LogP contribution in [-0.2, 0) is 7.05 Å². The highest BCUT2D eigenvalue weighted by Crippen LogP contribution is 2.19. The van der Waals surface area contributed by atoms with Gasteiger partial charge >= 0.3 is 0 Å². The molecule has 1 atom stereocenters. The van der Waals surface area contributed by atoms with Crippen LogP contribution in [0.1, 0.15) is 19.8 Å². The van der Waals surface area contributed by atoms with Gasteiger partial charge in [0.1, 0.15) is 5.54 Å². The van der Waals surface area contributed by atoms with Crippen LogP contribution >= 0.6 is 11.8 Å². The second kappa shape index (κ2) is 5.92. The highest BCUT2D eigenvalue weighted by atomic mass is 32.2. The first-order valence-electron chi connectivity index (χ1n) is 5.31. The molecule has 0 radical (unpaired) electrons. The van der Waals surface area contributed by atoms with Crippen molar-refractivity contribution in [3.63, 3.8) is 0 Å². The molecule has 1 heterocycles. The van der Waals surface area contributed by atoms with Crippen molar-refractivity contribution in [3.8, 4) is 6.07 Å². The normalized spacial score (nSPS) is 14.4. The van der Waals surface area contributed by atoms with Crippen LogP contribution in [0.2, 0.25) is 0 Å². The molecule has 0 aromatic carbocycles. The highest BCUT2D eigenvalue weighted by molar-refractivity contribution is 7.99. The molecule has 0 aliphatic heterocycles. The lowest BCUT2D eigenvalue weighted by atomic mass is 9.99. The molecule has 0 aliphatic carbocycles. The van der Waals surface area contributed by atoms with Gasteiger partial charge in [-0.3, -0.25) is 0 Å². The first-order chi connectivity index (χ1) is 7.61. The maximum absolute atomic E-state index is 8.98. The van der Waals surface area contributed by atoms with Gasteiger partial charge in [0.2, 0.25) is 0 Å². The molecule has 1 rings (SSSR count). The van der Waals surface area contributed by atoms with E-state index in [4.69, 9.17) is 5.26 Å². The predicted molar refractivity (Wildman–Crippen MR) is 66.2 cm³/mol. The third-order valence-corrected chi connectivity index (χ3v) is 3.77. The van der Waals surface area contributed by atoms with Gasteiger partial charge in [0.05, 0.1) is 6.07 Å². The molecular weight excluding hydrogens is 220 g/mol. The van der Waals surface area contributed by atoms with Crippen molar-refractivity contribution in [2.24, 2.45) is 7.05 Å². The Morgan fingerprint density at radius 3 is 2.94 bits per heavy atom. The van der Waals surface area contributed by atoms with Gasteiger partial charge in [-0.1, -0.05) is 11.8 Å². The number of nitrogens with one attached hydrogen (secondary N) is 1. The van der Waals surface area contributed by atoms with Gasteiger partial charge in [-0.2, -0.15) is 5.26 Å². The predicted octanol–water partition coefficient (Wildman–Crippen LogP) is 1.79. The Morgan fingerprint density at radius 1 is 1.69 bits per heavy atom. The Hall–Kier alpha value is -0.990. The van der Waals surface area contributed by atoms with Crippen LogP contribution in [0.4, 0.5) is 0 Å². The monoisotopic (exact) mass is 238 g/mol. The van der Waals surface area contributed by atoms with Crippen molar-refractivity contribution in [1.29, 1.82) is 5.26 Å². The lowest BCUT2D eigenvalue weighted by Crippen LogP contribution is -2.37. The summed E-state index contributed by atoms with van der Waals surface area (Å²) >= 11 is 1.73. The van der Waals surface area contributed by atoms with Gasteiger partial charge in [-0.05, 0) is 26.8 Å². The maximum Gasteiger partial charge on any atom is 0.167 e. The summed E-state index contributed by atoms with van der Waals surface area (Å²) in [7, 11) is 3.82. The Balaban J connectivity index is 2.28. The summed E-state index contributed by atoms with van der Waals surface area (Å²) in [5.41, 5.74) is -0.401. The molecule has 1 aromatic rings. The van der Waals surface area contributed by atoms with E-state index >= 15 is 0 Å². The van der Waals surface area contributed by atoms with E-state index in [0.29, 0.717) is 0 Å². The summed E-state index contributed by atoms with van der Waals surface area (Å²) in [5, 5.41) is 13.0. The van der Waals surface area contributed by atoms with Crippen molar-refractivity contribution in [2.75, 3.05) is 12.8 Å². The molecule has 0 saturated heterocycles. The Bertz CT molecular complexity index is 368. The van der Waals surface area contributed by atoms with Crippen molar-refractivity contribution in [1.82, 2.24) is 14.9 Å². The van der Waals surface area contributed by atoms with E-state index in [0.717, 1.165) is 23.8 Å². The smallest absolute Gasteiger partial charge is 0.167 e. The third kappa shape index (κ3) is 3.54. The number of hydrogen-bond donors (Lipinski definition) is 1. The molecule has 88 valence electrons. The topological polar surface area (TPSA) is 53.6 Å². The van der Waals surface area contributed by atoms with Crippen molar-refractivity contribution >= 4 is 11.8 Å². The van der Waals surface area contributed by atoms with Gasteiger partial charge in [0, 0.05) is 25.2 Å². The molecule has 5 heteroatoms. The minimum atomic E-state index is -0.401. The van der Waals surface area contributed by atoms with Gasteiger partial charge in [-0.25, -0.2) is 4.98 Å². The fraction of sp³-hybridized carbons (Fsp3) is 0.636. The molecule has 0 bridgehead atoms. The zero-order chi connectivity index (χ0) is 12.0. The molecular formula is C11H18N4S. The van der Waals surface area contributed by atoms with Gasteiger partial charge in [-0.15, -0.1) is 0 Å². The Kier molecular flexibility index (Phi) is 4.84. The number of aromatic nitrogens is 2. The van der Waals surface area contributed by atoms with E-state index in [1.165, 1.54) is 0 Å². The lowest BCUT2D eigenvalue weighted by Gasteiger charge is -2.19. The molecule has 1 N–H and O–H groups in total. The molecule has 1 aromatic heterocycles. The Morgan fingerprint density at radius 2 is 2.44 bits per heavy atom. The summed E-state index contributed by atoms with van der Waals surface area (Å²) in [6, 6.07) is 2.29. The molecule has 0 fully saturated rings. The lowest BCUT2D eigenvalue weighted by molar-refractivity contribution is 0.451. The fourth-order valence-corrected chi connectivity index (χ4v) is 2.19. The third-order valence-electron chi connectivity index (χ3n) is 2.63. The number of aryl methyl sites for hydroxylation is 1. The number of thioether (sulfide) groups is 1. The molecule has 16 heavy (non-hydrogen) atoms. The van der Waals surface area contributed by atoms with Gasteiger partial charge in [0.15, 0.2) is 5.16 Å². The van der Waals surface area contributed by atoms with E-state index in [2.05, 4.69) is 16.4 Å². The minimum Gasteiger partial charge on any atom is -0.329 e. The summed E-state index contributed by atoms with van der Waals surface area (Å²) in [4.78, 5) is 4.24. The van der Waals surface area contributed by atoms with Crippen molar-refractivity contribution in [3.05, 3.63) is 12.4 Å². The first kappa shape index (κ1) is 13.1. The van der Waals surface area contributed by atoms with Crippen LogP contribution in [0.3, 0.4) is 0 Å². The van der Waals surface area contributed by atoms with E-state index in [9.17, 15) is 0 Å². The number of rotatable bonds is 6. The second-order valence-corrected chi connectivity index (χ2v) is 5.03. The number of nitrogens with zero attached hydrogens (tertiary/aromatic N) is 3. The second-order valence-electron chi connectivity index (χ2n) is 3.97. The molecule has 1 unspecified atom stereocenters. The van der Waals surface area contributed by atoms with Crippen LogP contribution in [-0.4, -0.2) is 27.9 Å². The SMILES string of the molecule is CNC(C)(C#N)CCCSc1nccn1C. The molecule has 0 aliphatic rings. The van der Waals surface area contributed by atoms with Gasteiger partial charge in [0.25, 0.3) is 0 Å². The van der Waals surface area contributed by atoms with Crippen LogP contribution in [0.15, 0.2) is 17.6 Å². The molecule has 0 amide bonds. The molecule has 0 saturated carbocycles. The highest BCUT2D eigenvalue weighted by Gasteiger charge is 2.19. The van der Waals surface area contributed by atoms with Crippen LogP contribution < -0.4 is 5.32 Å². The minimum absolute atomic E-state index is 0.401. The van der Waals surface area contributed by atoms with E-state index in [1.807, 2.05) is 31.8 Å². The average Bonchev–Trinajstić information content (AvgIpc) is 2.70. The average molecular weight is 238 g/mol. The van der Waals surface area contributed by atoms with Gasteiger partial charge < -0.3 is 9.88 Å². The van der Waals surface area contributed by atoms with E-state index in [-0.39, 0.29) is 0 Å². The summed E-state index contributed by atoms with van der Waals surface area (Å²) in [5.74, 6) is 0.990. The molecule has 0 spiro atoms. The van der Waals surface area contributed by atoms with Crippen LogP contribution in [0.5, 0.6) is 0 Å². The van der Waals surface area contributed by atoms with Crippen LogP contribution in [0, 0.1) is 11.3 Å². The quantitative estimate of drug-likeness (QED) is 0.606. The number of nitriles is 1. The van der Waals surface area contributed by atoms with Crippen molar-refractivity contribution in [2.45, 2.75) is 30.5 Å². The fourth-order valence-electron chi connectivity index (χ4n) is 1.32. The summed E-state index contributed by atoms with van der Waals surface area (Å²) < 4.78 is 2.01. The summed E-state index contributed by atoms with van der Waals surface area (Å²) in [6.07, 6.45) is 5.60. The van der Waals surface area contributed by atoms with E-state index < -0.39 is 5.54 Å². The van der Waals surface area contributed by atoms with Crippen LogP contribution in [0.25, 0.3) is 0 Å². The first-order valence-corrected chi connectivity index (χ1v) is 6.30. The number of imidazole rings is 1.